The molecule has 0 aliphatic carbocycles. The van der Waals surface area contributed by atoms with Crippen LogP contribution in [-0.4, -0.2) is 25.3 Å². The minimum Gasteiger partial charge on any atom is -0.295 e. The Balaban J connectivity index is 1.54. The lowest BCUT2D eigenvalue weighted by Gasteiger charge is -2.07. The van der Waals surface area contributed by atoms with Crippen LogP contribution < -0.4 is 11.1 Å². The van der Waals surface area contributed by atoms with Gasteiger partial charge in [0.1, 0.15) is 0 Å². The van der Waals surface area contributed by atoms with E-state index in [9.17, 15) is 14.4 Å². The maximum atomic E-state index is 13.5. The number of aromatic nitrogens is 4. The van der Waals surface area contributed by atoms with E-state index in [0.717, 1.165) is 0 Å². The Kier molecular flexibility index (Phi) is 5.66. The molecule has 0 aliphatic rings. The third-order valence-corrected chi connectivity index (χ3v) is 6.13. The number of nitrogens with zero attached hydrogens (tertiary/aromatic N) is 2. The van der Waals surface area contributed by atoms with Crippen molar-refractivity contribution in [2.24, 2.45) is 0 Å². The monoisotopic (exact) mass is 464 g/mol. The first-order valence-electron chi connectivity index (χ1n) is 11.3. The summed E-state index contributed by atoms with van der Waals surface area (Å²) in [6, 6.07) is 25.5. The fourth-order valence-corrected chi connectivity index (χ4v) is 4.37. The van der Waals surface area contributed by atoms with E-state index in [1.54, 1.807) is 31.2 Å². The summed E-state index contributed by atoms with van der Waals surface area (Å²) in [5, 5.41) is 6.18. The highest BCUT2D eigenvalue weighted by Gasteiger charge is 2.22. The third-order valence-electron chi connectivity index (χ3n) is 6.13. The van der Waals surface area contributed by atoms with Gasteiger partial charge in [-0.25, -0.2) is 9.36 Å². The van der Waals surface area contributed by atoms with Crippen LogP contribution in [0, 0.1) is 13.8 Å². The molecule has 2 heterocycles. The molecule has 0 saturated heterocycles. The molecule has 0 spiro atoms. The normalized spacial score (nSPS) is 11.0. The van der Waals surface area contributed by atoms with E-state index in [1.807, 2.05) is 67.6 Å². The number of hydrogen-bond acceptors (Lipinski definition) is 3. The molecule has 0 unspecified atom stereocenters. The summed E-state index contributed by atoms with van der Waals surface area (Å²) >= 11 is 0. The number of ketones is 1. The molecule has 3 aromatic carbocycles. The van der Waals surface area contributed by atoms with E-state index < -0.39 is 0 Å². The van der Waals surface area contributed by atoms with Crippen LogP contribution in [0.4, 0.5) is 0 Å². The van der Waals surface area contributed by atoms with Gasteiger partial charge in [0.25, 0.3) is 11.1 Å². The molecule has 174 valence electrons. The van der Waals surface area contributed by atoms with Crippen LogP contribution in [0.5, 0.6) is 0 Å². The summed E-state index contributed by atoms with van der Waals surface area (Å²) < 4.78 is 2.92. The van der Waals surface area contributed by atoms with Crippen molar-refractivity contribution < 1.29 is 4.79 Å². The van der Waals surface area contributed by atoms with Gasteiger partial charge in [0.2, 0.25) is 0 Å². The first kappa shape index (κ1) is 22.2. The molecule has 7 nitrogen and oxygen atoms in total. The van der Waals surface area contributed by atoms with E-state index in [4.69, 9.17) is 0 Å². The standard InChI is InChI=1S/C28H24N4O3/c1-18-24(27(34)31(29-18)20-11-5-3-6-12-20)17-25(33)22-15-9-10-16-23(22)26-19(2)30-32(28(26)35)21-13-7-4-8-14-21/h3-16,29-30H,17H2,1-2H3. The number of H-pyrrole nitrogens is 2. The highest BCUT2D eigenvalue weighted by Crippen LogP contribution is 2.25. The van der Waals surface area contributed by atoms with Crippen molar-refractivity contribution in [3.63, 3.8) is 0 Å². The Bertz CT molecular complexity index is 1640. The van der Waals surface area contributed by atoms with E-state index in [0.29, 0.717) is 45.0 Å². The van der Waals surface area contributed by atoms with E-state index in [2.05, 4.69) is 10.2 Å². The molecule has 0 saturated carbocycles. The summed E-state index contributed by atoms with van der Waals surface area (Å²) in [6.45, 7) is 3.59. The van der Waals surface area contributed by atoms with Crippen LogP contribution in [0.15, 0.2) is 94.5 Å². The molecule has 0 amide bonds. The lowest BCUT2D eigenvalue weighted by atomic mass is 9.94. The van der Waals surface area contributed by atoms with Gasteiger partial charge >= 0.3 is 0 Å². The average Bonchev–Trinajstić information content (AvgIpc) is 3.34. The first-order chi connectivity index (χ1) is 17.0. The van der Waals surface area contributed by atoms with Crippen molar-refractivity contribution in [3.05, 3.63) is 128 Å². The number of benzene rings is 3. The number of rotatable bonds is 6. The number of Topliss-reactive ketones (excluding diaryl/α,β-unsaturated/α-hetero) is 1. The van der Waals surface area contributed by atoms with Crippen molar-refractivity contribution in [1.29, 1.82) is 0 Å². The van der Waals surface area contributed by atoms with Crippen molar-refractivity contribution in [2.75, 3.05) is 0 Å². The topological polar surface area (TPSA) is 92.7 Å². The van der Waals surface area contributed by atoms with Crippen LogP contribution in [0.2, 0.25) is 0 Å². The molecule has 0 atom stereocenters. The Morgan fingerprint density at radius 1 is 0.686 bits per heavy atom. The van der Waals surface area contributed by atoms with Gasteiger partial charge in [0, 0.05) is 28.9 Å². The molecule has 0 fully saturated rings. The summed E-state index contributed by atoms with van der Waals surface area (Å²) in [7, 11) is 0. The minimum atomic E-state index is -0.260. The Morgan fingerprint density at radius 2 is 1.20 bits per heavy atom. The van der Waals surface area contributed by atoms with Crippen LogP contribution in [0.25, 0.3) is 22.5 Å². The van der Waals surface area contributed by atoms with Crippen molar-refractivity contribution in [1.82, 2.24) is 19.6 Å². The SMILES string of the molecule is Cc1[nH]n(-c2ccccc2)c(=O)c1CC(=O)c1ccccc1-c1c(C)[nH]n(-c2ccccc2)c1=O. The molecule has 0 bridgehead atoms. The number of nitrogens with one attached hydrogen (secondary N) is 2. The summed E-state index contributed by atoms with van der Waals surface area (Å²) in [5.74, 6) is -0.230. The van der Waals surface area contributed by atoms with Crippen molar-refractivity contribution >= 4 is 5.78 Å². The smallest absolute Gasteiger partial charge is 0.279 e. The number of para-hydroxylation sites is 2. The van der Waals surface area contributed by atoms with Gasteiger partial charge in [0.15, 0.2) is 5.78 Å². The molecule has 5 aromatic rings. The maximum absolute atomic E-state index is 13.5. The molecular formula is C28H24N4O3. The number of aryl methyl sites for hydroxylation is 2. The number of aromatic amines is 2. The predicted octanol–water partition coefficient (Wildman–Crippen LogP) is 4.35. The van der Waals surface area contributed by atoms with Crippen LogP contribution in [0.3, 0.4) is 0 Å². The third kappa shape index (κ3) is 3.97. The van der Waals surface area contributed by atoms with Crippen LogP contribution in [0.1, 0.15) is 27.3 Å². The molecule has 5 rings (SSSR count). The first-order valence-corrected chi connectivity index (χ1v) is 11.3. The fourth-order valence-electron chi connectivity index (χ4n) is 4.37. The molecule has 0 aliphatic heterocycles. The summed E-state index contributed by atoms with van der Waals surface area (Å²) in [5.41, 5.74) is 3.98. The fraction of sp³-hybridized carbons (Fsp3) is 0.107. The molecule has 35 heavy (non-hydrogen) atoms. The second-order valence-electron chi connectivity index (χ2n) is 8.42. The molecule has 2 aromatic heterocycles. The zero-order valence-electron chi connectivity index (χ0n) is 19.4. The maximum Gasteiger partial charge on any atom is 0.279 e. The van der Waals surface area contributed by atoms with E-state index in [1.165, 1.54) is 9.36 Å². The summed E-state index contributed by atoms with van der Waals surface area (Å²) in [4.78, 5) is 39.9. The van der Waals surface area contributed by atoms with Gasteiger partial charge in [-0.05, 0) is 43.7 Å². The van der Waals surface area contributed by atoms with Gasteiger partial charge in [-0.3, -0.25) is 24.6 Å². The minimum absolute atomic E-state index is 0.0750. The van der Waals surface area contributed by atoms with Gasteiger partial charge in [-0.15, -0.1) is 0 Å². The molecule has 7 heteroatoms. The number of carbonyl (C=O) groups excluding carboxylic acids is 1. The molecule has 0 radical (unpaired) electrons. The number of hydrogen-bond donors (Lipinski definition) is 2. The van der Waals surface area contributed by atoms with E-state index in [-0.39, 0.29) is 23.3 Å². The van der Waals surface area contributed by atoms with Gasteiger partial charge < -0.3 is 0 Å². The lowest BCUT2D eigenvalue weighted by molar-refractivity contribution is 0.0993. The molecular weight excluding hydrogens is 440 g/mol. The second kappa shape index (κ2) is 8.95. The number of carbonyl (C=O) groups is 1. The predicted molar refractivity (Wildman–Crippen MR) is 136 cm³/mol. The average molecular weight is 465 g/mol. The quantitative estimate of drug-likeness (QED) is 0.366. The van der Waals surface area contributed by atoms with Crippen LogP contribution in [-0.2, 0) is 6.42 Å². The Labute approximate surface area is 201 Å². The molecule has 2 N–H and O–H groups in total. The highest BCUT2D eigenvalue weighted by atomic mass is 16.1. The van der Waals surface area contributed by atoms with Crippen molar-refractivity contribution in [3.8, 4) is 22.5 Å². The highest BCUT2D eigenvalue weighted by molar-refractivity contribution is 6.03. The Hall–Kier alpha value is -4.65. The Morgan fingerprint density at radius 3 is 1.83 bits per heavy atom. The van der Waals surface area contributed by atoms with E-state index >= 15 is 0 Å². The van der Waals surface area contributed by atoms with Crippen molar-refractivity contribution in [2.45, 2.75) is 20.3 Å². The summed E-state index contributed by atoms with van der Waals surface area (Å²) in [6.07, 6.45) is -0.0750. The zero-order chi connectivity index (χ0) is 24.5. The van der Waals surface area contributed by atoms with Gasteiger partial charge in [-0.2, -0.15) is 0 Å². The van der Waals surface area contributed by atoms with Crippen LogP contribution >= 0.6 is 0 Å². The zero-order valence-corrected chi connectivity index (χ0v) is 19.4. The largest absolute Gasteiger partial charge is 0.295 e. The lowest BCUT2D eigenvalue weighted by Crippen LogP contribution is -2.20. The second-order valence-corrected chi connectivity index (χ2v) is 8.42. The van der Waals surface area contributed by atoms with Gasteiger partial charge in [0.05, 0.1) is 16.9 Å². The van der Waals surface area contributed by atoms with Gasteiger partial charge in [-0.1, -0.05) is 60.7 Å².